The van der Waals surface area contributed by atoms with Crippen LogP contribution in [0.25, 0.3) is 0 Å². The lowest BCUT2D eigenvalue weighted by molar-refractivity contribution is -0.199. The van der Waals surface area contributed by atoms with E-state index in [1.54, 1.807) is 0 Å². The minimum absolute atomic E-state index is 0.149. The van der Waals surface area contributed by atoms with E-state index in [-0.39, 0.29) is 11.5 Å². The first kappa shape index (κ1) is 14.4. The molecule has 0 aliphatic rings. The molecular weight excluding hydrogens is 277 g/mol. The molecule has 0 spiro atoms. The average Bonchev–Trinajstić information content (AvgIpc) is 2.27. The van der Waals surface area contributed by atoms with Crippen molar-refractivity contribution < 1.29 is 32.5 Å². The highest BCUT2D eigenvalue weighted by atomic mass is 35.5. The van der Waals surface area contributed by atoms with E-state index in [1.165, 1.54) is 12.1 Å². The Hall–Kier alpha value is -1.63. The van der Waals surface area contributed by atoms with Gasteiger partial charge in [0.25, 0.3) is 5.63 Å². The largest absolute Gasteiger partial charge is 0.482 e. The molecule has 4 nitrogen and oxygen atoms in total. The molecule has 8 heteroatoms. The lowest BCUT2D eigenvalue weighted by atomic mass is 10.3. The van der Waals surface area contributed by atoms with E-state index in [4.69, 9.17) is 9.84 Å². The van der Waals surface area contributed by atoms with Crippen LogP contribution in [0.1, 0.15) is 0 Å². The molecule has 0 amide bonds. The third-order valence-corrected chi connectivity index (χ3v) is 1.95. The van der Waals surface area contributed by atoms with Gasteiger partial charge in [-0.25, -0.2) is 9.18 Å². The van der Waals surface area contributed by atoms with Gasteiger partial charge in [-0.2, -0.15) is 8.78 Å². The van der Waals surface area contributed by atoms with Crippen LogP contribution in [-0.4, -0.2) is 29.4 Å². The molecule has 1 atom stereocenters. The number of carboxylic acids is 1. The van der Waals surface area contributed by atoms with Crippen LogP contribution < -0.4 is 9.47 Å². The van der Waals surface area contributed by atoms with Gasteiger partial charge in [-0.15, -0.1) is 0 Å². The quantitative estimate of drug-likeness (QED) is 0.816. The van der Waals surface area contributed by atoms with Crippen molar-refractivity contribution in [3.05, 3.63) is 24.3 Å². The molecule has 1 aromatic carbocycles. The van der Waals surface area contributed by atoms with Gasteiger partial charge >= 0.3 is 12.1 Å². The number of hydrogen-bond donors (Lipinski definition) is 1. The zero-order chi connectivity index (χ0) is 13.8. The van der Waals surface area contributed by atoms with Gasteiger partial charge in [0.1, 0.15) is 11.5 Å². The summed E-state index contributed by atoms with van der Waals surface area (Å²) in [6.07, 6.45) is -4.15. The van der Waals surface area contributed by atoms with E-state index >= 15 is 0 Å². The SMILES string of the molecule is O=C(O)COc1ccc(OC(F)(F)C(F)Cl)cc1. The second kappa shape index (κ2) is 5.81. The Morgan fingerprint density at radius 3 is 2.28 bits per heavy atom. The monoisotopic (exact) mass is 284 g/mol. The van der Waals surface area contributed by atoms with Crippen LogP contribution in [0.2, 0.25) is 0 Å². The lowest BCUT2D eigenvalue weighted by Gasteiger charge is -2.17. The molecule has 0 heterocycles. The van der Waals surface area contributed by atoms with Gasteiger partial charge < -0.3 is 14.6 Å². The molecule has 1 N–H and O–H groups in total. The number of rotatable bonds is 6. The van der Waals surface area contributed by atoms with E-state index in [0.29, 0.717) is 0 Å². The maximum Gasteiger partial charge on any atom is 0.444 e. The van der Waals surface area contributed by atoms with Gasteiger partial charge in [-0.3, -0.25) is 0 Å². The van der Waals surface area contributed by atoms with Crippen molar-refractivity contribution in [3.8, 4) is 11.5 Å². The maximum atomic E-state index is 12.7. The summed E-state index contributed by atoms with van der Waals surface area (Å²) in [5.74, 6) is -1.36. The molecule has 0 aliphatic carbocycles. The highest BCUT2D eigenvalue weighted by molar-refractivity contribution is 6.20. The Kier molecular flexibility index (Phi) is 4.66. The highest BCUT2D eigenvalue weighted by Crippen LogP contribution is 2.29. The average molecular weight is 285 g/mol. The number of hydrogen-bond acceptors (Lipinski definition) is 3. The Morgan fingerprint density at radius 2 is 1.83 bits per heavy atom. The number of carboxylic acid groups (broad SMARTS) is 1. The summed E-state index contributed by atoms with van der Waals surface area (Å²) in [7, 11) is 0. The van der Waals surface area contributed by atoms with Gasteiger partial charge in [0.05, 0.1) is 0 Å². The standard InChI is InChI=1S/C10H8ClF3O4/c11-9(12)10(13,14)18-7-3-1-6(2-4-7)17-5-8(15)16/h1-4,9H,5H2,(H,15,16). The zero-order valence-corrected chi connectivity index (χ0v) is 9.53. The Balaban J connectivity index is 2.63. The third kappa shape index (κ3) is 4.33. The van der Waals surface area contributed by atoms with Crippen LogP contribution in [0.3, 0.4) is 0 Å². The summed E-state index contributed by atoms with van der Waals surface area (Å²) in [6.45, 7) is -0.565. The Bertz CT molecular complexity index is 408. The first-order valence-electron chi connectivity index (χ1n) is 4.61. The number of carbonyl (C=O) groups is 1. The normalized spacial score (nSPS) is 12.9. The van der Waals surface area contributed by atoms with Crippen LogP contribution in [0.15, 0.2) is 24.3 Å². The van der Waals surface area contributed by atoms with E-state index in [0.717, 1.165) is 12.1 Å². The van der Waals surface area contributed by atoms with Gasteiger partial charge in [0, 0.05) is 0 Å². The van der Waals surface area contributed by atoms with Crippen LogP contribution in [0.4, 0.5) is 13.2 Å². The molecule has 1 rings (SSSR count). The summed E-state index contributed by atoms with van der Waals surface area (Å²) in [6, 6.07) is 4.56. The molecule has 0 aromatic heterocycles. The second-order valence-electron chi connectivity index (χ2n) is 3.12. The molecule has 1 aromatic rings. The fourth-order valence-corrected chi connectivity index (χ4v) is 0.995. The van der Waals surface area contributed by atoms with Gasteiger partial charge in [-0.1, -0.05) is 11.6 Å². The van der Waals surface area contributed by atoms with Crippen LogP contribution in [0, 0.1) is 0 Å². The number of alkyl halides is 4. The number of benzene rings is 1. The Morgan fingerprint density at radius 1 is 1.33 bits per heavy atom. The van der Waals surface area contributed by atoms with E-state index in [2.05, 4.69) is 16.3 Å². The van der Waals surface area contributed by atoms with Crippen molar-refractivity contribution in [2.24, 2.45) is 0 Å². The van der Waals surface area contributed by atoms with E-state index < -0.39 is 24.3 Å². The third-order valence-electron chi connectivity index (χ3n) is 1.69. The minimum atomic E-state index is -4.15. The number of halogens is 4. The van der Waals surface area contributed by atoms with Gasteiger partial charge in [-0.05, 0) is 24.3 Å². The Labute approximate surface area is 105 Å². The van der Waals surface area contributed by atoms with Crippen molar-refractivity contribution in [2.45, 2.75) is 11.7 Å². The maximum absolute atomic E-state index is 12.7. The summed E-state index contributed by atoms with van der Waals surface area (Å²) in [4.78, 5) is 10.2. The van der Waals surface area contributed by atoms with Crippen molar-refractivity contribution >= 4 is 17.6 Å². The van der Waals surface area contributed by atoms with E-state index in [9.17, 15) is 18.0 Å². The summed E-state index contributed by atoms with van der Waals surface area (Å²) in [5.41, 5.74) is -2.97. The van der Waals surface area contributed by atoms with Crippen molar-refractivity contribution in [2.75, 3.05) is 6.61 Å². The fourth-order valence-electron chi connectivity index (χ4n) is 0.951. The molecule has 0 bridgehead atoms. The molecule has 0 aliphatic heterocycles. The van der Waals surface area contributed by atoms with Crippen molar-refractivity contribution in [1.82, 2.24) is 0 Å². The lowest BCUT2D eigenvalue weighted by Crippen LogP contribution is -2.32. The fraction of sp³-hybridized carbons (Fsp3) is 0.300. The molecule has 0 saturated heterocycles. The second-order valence-corrected chi connectivity index (χ2v) is 3.50. The summed E-state index contributed by atoms with van der Waals surface area (Å²) >= 11 is 4.60. The number of aliphatic carboxylic acids is 1. The summed E-state index contributed by atoms with van der Waals surface area (Å²) in [5, 5.41) is 8.34. The first-order chi connectivity index (χ1) is 8.31. The predicted octanol–water partition coefficient (Wildman–Crippen LogP) is 2.66. The van der Waals surface area contributed by atoms with E-state index in [1.807, 2.05) is 0 Å². The molecule has 0 fully saturated rings. The smallest absolute Gasteiger partial charge is 0.444 e. The van der Waals surface area contributed by atoms with Crippen LogP contribution >= 0.6 is 11.6 Å². The molecule has 1 unspecified atom stereocenters. The predicted molar refractivity (Wildman–Crippen MR) is 55.9 cm³/mol. The topological polar surface area (TPSA) is 55.8 Å². The molecule has 18 heavy (non-hydrogen) atoms. The van der Waals surface area contributed by atoms with Crippen LogP contribution in [0.5, 0.6) is 11.5 Å². The zero-order valence-electron chi connectivity index (χ0n) is 8.78. The minimum Gasteiger partial charge on any atom is -0.482 e. The highest BCUT2D eigenvalue weighted by Gasteiger charge is 2.42. The van der Waals surface area contributed by atoms with Crippen LogP contribution in [-0.2, 0) is 4.79 Å². The summed E-state index contributed by atoms with van der Waals surface area (Å²) < 4.78 is 46.5. The van der Waals surface area contributed by atoms with Crippen molar-refractivity contribution in [1.29, 1.82) is 0 Å². The first-order valence-corrected chi connectivity index (χ1v) is 5.04. The molecule has 0 radical (unpaired) electrons. The van der Waals surface area contributed by atoms with Gasteiger partial charge in [0.15, 0.2) is 6.61 Å². The van der Waals surface area contributed by atoms with Gasteiger partial charge in [0.2, 0.25) is 0 Å². The molecular formula is C10H8ClF3O4. The molecule has 100 valence electrons. The molecule has 0 saturated carbocycles. The van der Waals surface area contributed by atoms with Crippen molar-refractivity contribution in [3.63, 3.8) is 0 Å². The number of ether oxygens (including phenoxy) is 2.